The molecule has 0 bridgehead atoms. The molecule has 0 amide bonds. The molecular weight excluding hydrogens is 1220 g/mol. The summed E-state index contributed by atoms with van der Waals surface area (Å²) >= 11 is 0. The van der Waals surface area contributed by atoms with Gasteiger partial charge in [-0.15, -0.1) is 0 Å². The first-order valence-corrected chi connectivity index (χ1v) is 12.8. The van der Waals surface area contributed by atoms with Crippen molar-refractivity contribution in [2.45, 2.75) is 7.43 Å². The molecule has 0 fully saturated rings. The van der Waals surface area contributed by atoms with Gasteiger partial charge in [-0.25, -0.2) is 28.8 Å². The first kappa shape index (κ1) is 92.3. The van der Waals surface area contributed by atoms with Crippen LogP contribution in [0.2, 0.25) is 0 Å². The van der Waals surface area contributed by atoms with Crippen LogP contribution in [0, 0.1) is 0 Å². The maximum absolute atomic E-state index is 10.0. The normalized spacial score (nSPS) is 7.20. The smallest absolute Gasteiger partial charge is 0.438 e. The molecular formula is C25H52O24Y6. The molecule has 314 valence electrons. The molecule has 0 aliphatic heterocycles. The van der Waals surface area contributed by atoms with Gasteiger partial charge in [-0.3, -0.25) is 0 Å². The zero-order valence-electron chi connectivity index (χ0n) is 31.0. The molecule has 0 spiro atoms. The second kappa shape index (κ2) is 87.5. The van der Waals surface area contributed by atoms with Gasteiger partial charge in [0.2, 0.25) is 0 Å². The summed E-state index contributed by atoms with van der Waals surface area (Å²) in [6.07, 6.45) is -4.59. The van der Waals surface area contributed by atoms with Gasteiger partial charge in [0, 0.05) is 196 Å². The zero-order chi connectivity index (χ0) is 38.4. The number of ether oxygens (including phenoxy) is 12. The first-order chi connectivity index (χ1) is 22.8. The predicted octanol–water partition coefficient (Wildman–Crippen LogP) is -0.809. The van der Waals surface area contributed by atoms with E-state index in [4.69, 9.17) is 30.6 Å². The van der Waals surface area contributed by atoms with Crippen LogP contribution in [0.3, 0.4) is 0 Å². The molecule has 0 aliphatic carbocycles. The molecule has 30 heteroatoms. The minimum Gasteiger partial charge on any atom is -0.438 e. The molecule has 55 heavy (non-hydrogen) atoms. The molecule has 24 nitrogen and oxygen atoms in total. The van der Waals surface area contributed by atoms with Crippen molar-refractivity contribution in [3.8, 4) is 0 Å². The van der Waals surface area contributed by atoms with E-state index >= 15 is 0 Å². The Kier molecular flexibility index (Phi) is 147. The van der Waals surface area contributed by atoms with Crippen molar-refractivity contribution in [1.29, 1.82) is 0 Å². The summed E-state index contributed by atoms with van der Waals surface area (Å²) in [5.74, 6) is 0. The SMILES string of the molecule is C.COC(=O)OCCO.COC(=O)OCCO.COC(=O)OCCO.COC(=O)OCCO.COC(=O)OCCO.COC(=O)OCCO.[Y].[Y].[Y].[Y].[Y].[Y]. The van der Waals surface area contributed by atoms with Crippen LogP contribution in [0.4, 0.5) is 28.8 Å². The Balaban J connectivity index is -0.0000000341. The molecule has 0 atom stereocenters. The van der Waals surface area contributed by atoms with Crippen molar-refractivity contribution >= 4 is 36.9 Å². The number of hydrogen-bond donors (Lipinski definition) is 6. The molecule has 0 aromatic rings. The largest absolute Gasteiger partial charge is 0.508 e. The molecule has 0 aromatic carbocycles. The second-order valence-electron chi connectivity index (χ2n) is 6.16. The number of hydrogen-bond acceptors (Lipinski definition) is 24. The van der Waals surface area contributed by atoms with Gasteiger partial charge in [0.1, 0.15) is 39.6 Å². The van der Waals surface area contributed by atoms with E-state index < -0.39 is 36.9 Å². The van der Waals surface area contributed by atoms with Crippen molar-refractivity contribution < 1.29 is 313 Å². The third kappa shape index (κ3) is 113. The van der Waals surface area contributed by atoms with Crippen LogP contribution >= 0.6 is 0 Å². The standard InChI is InChI=1S/6C4H8O4.CH4.6Y/c6*1-7-4(6)8-3-2-5;;;;;;;/h6*5H,2-3H2,1H3;1H4;;;;;;. The van der Waals surface area contributed by atoms with Crippen LogP contribution in [-0.4, -0.2) is 190 Å². The average molecular weight is 1270 g/mol. The van der Waals surface area contributed by atoms with Crippen LogP contribution < -0.4 is 0 Å². The predicted molar refractivity (Wildman–Crippen MR) is 159 cm³/mol. The Hall–Kier alpha value is 2.00. The summed E-state index contributed by atoms with van der Waals surface area (Å²) in [6, 6.07) is 0. The van der Waals surface area contributed by atoms with E-state index in [2.05, 4.69) is 56.8 Å². The molecule has 0 aliphatic rings. The molecule has 6 radical (unpaired) electrons. The molecule has 0 saturated carbocycles. The molecule has 0 saturated heterocycles. The van der Waals surface area contributed by atoms with Crippen molar-refractivity contribution in [2.75, 3.05) is 122 Å². The molecule has 0 rings (SSSR count). The second-order valence-corrected chi connectivity index (χ2v) is 6.16. The van der Waals surface area contributed by atoms with Crippen LogP contribution in [0.1, 0.15) is 7.43 Å². The van der Waals surface area contributed by atoms with E-state index in [1.165, 1.54) is 42.7 Å². The van der Waals surface area contributed by atoms with Gasteiger partial charge < -0.3 is 87.5 Å². The zero-order valence-corrected chi connectivity index (χ0v) is 48.0. The summed E-state index contributed by atoms with van der Waals surface area (Å²) in [5.41, 5.74) is 0. The summed E-state index contributed by atoms with van der Waals surface area (Å²) in [5, 5.41) is 48.5. The van der Waals surface area contributed by atoms with E-state index in [0.29, 0.717) is 0 Å². The van der Waals surface area contributed by atoms with Crippen LogP contribution in [0.5, 0.6) is 0 Å². The molecule has 0 aromatic heterocycles. The van der Waals surface area contributed by atoms with Crippen LogP contribution in [-0.2, 0) is 253 Å². The number of aliphatic hydroxyl groups is 6. The van der Waals surface area contributed by atoms with E-state index in [0.717, 1.165) is 0 Å². The van der Waals surface area contributed by atoms with Gasteiger partial charge in [0.15, 0.2) is 0 Å². The monoisotopic (exact) mass is 1270 g/mol. The van der Waals surface area contributed by atoms with Gasteiger partial charge in [0.05, 0.1) is 82.3 Å². The Morgan fingerprint density at radius 2 is 0.382 bits per heavy atom. The summed E-state index contributed by atoms with van der Waals surface area (Å²) in [4.78, 5) is 60.1. The molecule has 0 unspecified atom stereocenters. The third-order valence-electron chi connectivity index (χ3n) is 2.87. The Morgan fingerprint density at radius 1 is 0.291 bits per heavy atom. The van der Waals surface area contributed by atoms with Gasteiger partial charge in [-0.05, 0) is 0 Å². The fourth-order valence-electron chi connectivity index (χ4n) is 1.13. The van der Waals surface area contributed by atoms with Crippen molar-refractivity contribution in [3.63, 3.8) is 0 Å². The van der Waals surface area contributed by atoms with Gasteiger partial charge >= 0.3 is 36.9 Å². The maximum atomic E-state index is 10.0. The van der Waals surface area contributed by atoms with Crippen LogP contribution in [0.25, 0.3) is 0 Å². The summed E-state index contributed by atoms with van der Waals surface area (Å²) in [7, 11) is 7.25. The maximum Gasteiger partial charge on any atom is 0.508 e. The Morgan fingerprint density at radius 3 is 0.436 bits per heavy atom. The fraction of sp³-hybridized carbons (Fsp3) is 0.760. The van der Waals surface area contributed by atoms with E-state index in [9.17, 15) is 28.8 Å². The van der Waals surface area contributed by atoms with Crippen molar-refractivity contribution in [2.24, 2.45) is 0 Å². The van der Waals surface area contributed by atoms with Crippen LogP contribution in [0.15, 0.2) is 0 Å². The number of aliphatic hydroxyl groups excluding tert-OH is 6. The summed E-state index contributed by atoms with van der Waals surface area (Å²) in [6.45, 7) is -1.07. The van der Waals surface area contributed by atoms with Gasteiger partial charge in [0.25, 0.3) is 0 Å². The topological polar surface area (TPSA) is 335 Å². The fourth-order valence-corrected chi connectivity index (χ4v) is 1.13. The van der Waals surface area contributed by atoms with E-state index in [1.807, 2.05) is 0 Å². The third-order valence-corrected chi connectivity index (χ3v) is 2.87. The van der Waals surface area contributed by atoms with Crippen molar-refractivity contribution in [3.05, 3.63) is 0 Å². The van der Waals surface area contributed by atoms with Gasteiger partial charge in [-0.1, -0.05) is 7.43 Å². The number of rotatable bonds is 12. The average Bonchev–Trinajstić information content (AvgIpc) is 3.12. The Labute approximate surface area is 471 Å². The first-order valence-electron chi connectivity index (χ1n) is 12.8. The van der Waals surface area contributed by atoms with Gasteiger partial charge in [-0.2, -0.15) is 0 Å². The minimum absolute atomic E-state index is 0. The van der Waals surface area contributed by atoms with Crippen molar-refractivity contribution in [1.82, 2.24) is 0 Å². The number of methoxy groups -OCH3 is 6. The molecule has 6 N–H and O–H groups in total. The number of carbonyl (C=O) groups excluding carboxylic acids is 6. The quantitative estimate of drug-likeness (QED) is 0.103. The summed E-state index contributed by atoms with van der Waals surface area (Å²) < 4.78 is 49.9. The number of carbonyl (C=O) groups is 6. The van der Waals surface area contributed by atoms with E-state index in [1.54, 1.807) is 0 Å². The molecule has 0 heterocycles. The Bertz CT molecular complexity index is 606. The van der Waals surface area contributed by atoms with E-state index in [-0.39, 0.29) is 283 Å². The minimum atomic E-state index is -0.765.